The molecule has 176 valence electrons. The number of hydrogen-bond donors (Lipinski definition) is 0. The Morgan fingerprint density at radius 2 is 1.59 bits per heavy atom. The van der Waals surface area contributed by atoms with Gasteiger partial charge in [-0.25, -0.2) is 9.78 Å². The molecule has 1 aromatic carbocycles. The highest BCUT2D eigenvalue weighted by Gasteiger charge is 2.37. The maximum absolute atomic E-state index is 13.1. The van der Waals surface area contributed by atoms with Crippen molar-refractivity contribution < 1.29 is 35.9 Å². The van der Waals surface area contributed by atoms with Gasteiger partial charge >= 0.3 is 18.4 Å². The van der Waals surface area contributed by atoms with Gasteiger partial charge in [0.2, 0.25) is 0 Å². The van der Waals surface area contributed by atoms with Gasteiger partial charge in [-0.15, -0.1) is 0 Å². The summed E-state index contributed by atoms with van der Waals surface area (Å²) < 4.78 is 84.4. The molecule has 2 rings (SSSR count). The van der Waals surface area contributed by atoms with Crippen LogP contribution < -0.4 is 0 Å². The summed E-state index contributed by atoms with van der Waals surface area (Å²) in [4.78, 5) is 18.0. The monoisotopic (exact) mass is 546 g/mol. The highest BCUT2D eigenvalue weighted by molar-refractivity contribution is 9.10. The molecule has 0 N–H and O–H groups in total. The molecular formula is C20H18BrClF6N2O2. The smallest absolute Gasteiger partial charge is 0.416 e. The molecule has 1 heterocycles. The van der Waals surface area contributed by atoms with E-state index in [1.165, 1.54) is 17.9 Å². The Morgan fingerprint density at radius 3 is 2.06 bits per heavy atom. The van der Waals surface area contributed by atoms with Crippen molar-refractivity contribution in [2.24, 2.45) is 0 Å². The fraction of sp³-hybridized carbons (Fsp3) is 0.400. The van der Waals surface area contributed by atoms with Crippen LogP contribution in [0.5, 0.6) is 0 Å². The van der Waals surface area contributed by atoms with Crippen LogP contribution in [0.4, 0.5) is 31.1 Å². The minimum atomic E-state index is -5.01. The van der Waals surface area contributed by atoms with E-state index in [2.05, 4.69) is 20.9 Å². The lowest BCUT2D eigenvalue weighted by atomic mass is 10.0. The quantitative estimate of drug-likeness (QED) is 0.285. The topological polar surface area (TPSA) is 42.4 Å². The largest absolute Gasteiger partial charge is 0.441 e. The van der Waals surface area contributed by atoms with E-state index in [9.17, 15) is 31.1 Å². The van der Waals surface area contributed by atoms with E-state index in [-0.39, 0.29) is 17.8 Å². The Labute approximate surface area is 193 Å². The number of ether oxygens (including phenoxy) is 1. The predicted molar refractivity (Wildman–Crippen MR) is 109 cm³/mol. The van der Waals surface area contributed by atoms with Crippen molar-refractivity contribution in [1.82, 2.24) is 9.88 Å². The van der Waals surface area contributed by atoms with Crippen LogP contribution in [-0.2, 0) is 23.6 Å². The molecule has 12 heteroatoms. The molecule has 0 saturated carbocycles. The Bertz CT molecular complexity index is 949. The van der Waals surface area contributed by atoms with Crippen molar-refractivity contribution >= 4 is 33.6 Å². The van der Waals surface area contributed by atoms with Gasteiger partial charge in [0.1, 0.15) is 11.3 Å². The molecule has 1 amide bonds. The van der Waals surface area contributed by atoms with Crippen LogP contribution in [0.2, 0.25) is 5.15 Å². The van der Waals surface area contributed by atoms with Crippen molar-refractivity contribution in [3.63, 3.8) is 0 Å². The zero-order chi connectivity index (χ0) is 24.4. The minimum absolute atomic E-state index is 0.0147. The van der Waals surface area contributed by atoms with Gasteiger partial charge in [-0.3, -0.25) is 4.90 Å². The van der Waals surface area contributed by atoms with E-state index in [1.54, 1.807) is 19.9 Å². The van der Waals surface area contributed by atoms with Gasteiger partial charge in [0.05, 0.1) is 23.4 Å². The maximum atomic E-state index is 13.1. The van der Waals surface area contributed by atoms with Crippen LogP contribution in [0.25, 0.3) is 0 Å². The molecule has 1 aromatic heterocycles. The lowest BCUT2D eigenvalue weighted by Crippen LogP contribution is -2.37. The van der Waals surface area contributed by atoms with E-state index in [4.69, 9.17) is 16.3 Å². The van der Waals surface area contributed by atoms with Gasteiger partial charge in [0, 0.05) is 10.5 Å². The molecule has 0 radical (unpaired) electrons. The predicted octanol–water partition coefficient (Wildman–Crippen LogP) is 7.64. The van der Waals surface area contributed by atoms with E-state index >= 15 is 0 Å². The Morgan fingerprint density at radius 1 is 1.06 bits per heavy atom. The zero-order valence-corrected chi connectivity index (χ0v) is 19.3. The summed E-state index contributed by atoms with van der Waals surface area (Å²) in [5.41, 5.74) is -3.02. The standard InChI is InChI=1S/C20H18BrClF6N2O2/c1-10(2)30(9-16-15(21)4-5-17(22)29-16)18(31)32-11(3)12-6-13(19(23,24)25)8-14(7-12)20(26,27)28/h4-8,10-11H,9H2,1-3H3. The summed E-state index contributed by atoms with van der Waals surface area (Å²) in [7, 11) is 0. The second-order valence-electron chi connectivity index (χ2n) is 7.15. The molecule has 0 fully saturated rings. The number of rotatable bonds is 5. The molecule has 4 nitrogen and oxygen atoms in total. The number of carbonyl (C=O) groups excluding carboxylic acids is 1. The van der Waals surface area contributed by atoms with Gasteiger partial charge in [0.25, 0.3) is 0 Å². The second-order valence-corrected chi connectivity index (χ2v) is 8.39. The van der Waals surface area contributed by atoms with Crippen LogP contribution >= 0.6 is 27.5 Å². The molecule has 1 unspecified atom stereocenters. The number of pyridine rings is 1. The van der Waals surface area contributed by atoms with E-state index in [1.807, 2.05) is 0 Å². The van der Waals surface area contributed by atoms with Gasteiger partial charge < -0.3 is 4.74 Å². The SMILES string of the molecule is CC(OC(=O)N(Cc1nc(Cl)ccc1Br)C(C)C)c1cc(C(F)(F)F)cc(C(F)(F)F)c1. The molecule has 2 aromatic rings. The number of aromatic nitrogens is 1. The first kappa shape index (κ1) is 26.2. The zero-order valence-electron chi connectivity index (χ0n) is 17.0. The first-order valence-electron chi connectivity index (χ1n) is 9.17. The number of nitrogens with zero attached hydrogens (tertiary/aromatic N) is 2. The van der Waals surface area contributed by atoms with Crippen LogP contribution in [-0.4, -0.2) is 22.0 Å². The van der Waals surface area contributed by atoms with E-state index in [0.29, 0.717) is 22.3 Å². The molecule has 0 aliphatic carbocycles. The molecule has 0 bridgehead atoms. The number of carbonyl (C=O) groups is 1. The highest BCUT2D eigenvalue weighted by Crippen LogP contribution is 2.38. The Hall–Kier alpha value is -2.01. The first-order chi connectivity index (χ1) is 14.6. The van der Waals surface area contributed by atoms with Crippen LogP contribution in [0, 0.1) is 0 Å². The third-order valence-corrected chi connectivity index (χ3v) is 5.35. The summed E-state index contributed by atoms with van der Waals surface area (Å²) >= 11 is 9.16. The summed E-state index contributed by atoms with van der Waals surface area (Å²) in [5, 5.41) is 0.178. The lowest BCUT2D eigenvalue weighted by molar-refractivity contribution is -0.143. The summed E-state index contributed by atoms with van der Waals surface area (Å²) in [5.74, 6) is 0. The second kappa shape index (κ2) is 9.86. The minimum Gasteiger partial charge on any atom is -0.441 e. The lowest BCUT2D eigenvalue weighted by Gasteiger charge is -2.28. The molecule has 0 spiro atoms. The van der Waals surface area contributed by atoms with E-state index < -0.39 is 47.3 Å². The number of halogens is 8. The number of benzene rings is 1. The average molecular weight is 548 g/mol. The molecule has 32 heavy (non-hydrogen) atoms. The molecule has 0 aliphatic heterocycles. The number of amides is 1. The van der Waals surface area contributed by atoms with Crippen LogP contribution in [0.15, 0.2) is 34.8 Å². The Kier molecular flexibility index (Phi) is 8.09. The summed E-state index contributed by atoms with van der Waals surface area (Å²) in [6, 6.07) is 3.80. The first-order valence-corrected chi connectivity index (χ1v) is 10.3. The molecule has 0 aliphatic rings. The summed E-state index contributed by atoms with van der Waals surface area (Å²) in [6.07, 6.45) is -12.3. The van der Waals surface area contributed by atoms with Crippen molar-refractivity contribution in [3.05, 3.63) is 62.3 Å². The normalized spacial score (nSPS) is 13.2. The Balaban J connectivity index is 2.32. The fourth-order valence-corrected chi connectivity index (χ4v) is 3.20. The maximum Gasteiger partial charge on any atom is 0.416 e. The van der Waals surface area contributed by atoms with Crippen molar-refractivity contribution in [2.45, 2.75) is 51.8 Å². The number of hydrogen-bond acceptors (Lipinski definition) is 3. The summed E-state index contributed by atoms with van der Waals surface area (Å²) in [6.45, 7) is 4.47. The van der Waals surface area contributed by atoms with E-state index in [0.717, 1.165) is 0 Å². The average Bonchev–Trinajstić information content (AvgIpc) is 2.66. The van der Waals surface area contributed by atoms with Gasteiger partial charge in [-0.1, -0.05) is 11.6 Å². The van der Waals surface area contributed by atoms with Gasteiger partial charge in [-0.2, -0.15) is 26.3 Å². The van der Waals surface area contributed by atoms with Crippen molar-refractivity contribution in [2.75, 3.05) is 0 Å². The van der Waals surface area contributed by atoms with Gasteiger partial charge in [-0.05, 0) is 72.6 Å². The van der Waals surface area contributed by atoms with Crippen molar-refractivity contribution in [1.29, 1.82) is 0 Å². The van der Waals surface area contributed by atoms with Crippen LogP contribution in [0.1, 0.15) is 49.3 Å². The third-order valence-electron chi connectivity index (χ3n) is 4.42. The third kappa shape index (κ3) is 6.74. The number of alkyl halides is 6. The van der Waals surface area contributed by atoms with Crippen LogP contribution in [0.3, 0.4) is 0 Å². The molecular weight excluding hydrogens is 530 g/mol. The molecule has 1 atom stereocenters. The highest BCUT2D eigenvalue weighted by atomic mass is 79.9. The fourth-order valence-electron chi connectivity index (χ4n) is 2.69. The van der Waals surface area contributed by atoms with Gasteiger partial charge in [0.15, 0.2) is 0 Å². The van der Waals surface area contributed by atoms with Crippen molar-refractivity contribution in [3.8, 4) is 0 Å². The molecule has 0 saturated heterocycles.